The Balaban J connectivity index is 2.06. The fraction of sp³-hybridized carbons (Fsp3) is 0.812. The van der Waals surface area contributed by atoms with Gasteiger partial charge < -0.3 is 20.1 Å². The van der Waals surface area contributed by atoms with E-state index in [1.165, 1.54) is 0 Å². The quantitative estimate of drug-likeness (QED) is 0.630. The molecule has 7 nitrogen and oxygen atoms in total. The van der Waals surface area contributed by atoms with E-state index in [0.717, 1.165) is 19.3 Å². The molecule has 0 aliphatic heterocycles. The first-order valence-corrected chi connectivity index (χ1v) is 7.79. The second-order valence-corrected chi connectivity index (χ2v) is 7.67. The Morgan fingerprint density at radius 3 is 2.17 bits per heavy atom. The van der Waals surface area contributed by atoms with Crippen LogP contribution in [0.3, 0.4) is 0 Å². The predicted molar refractivity (Wildman–Crippen MR) is 78.6 cm³/mol. The van der Waals surface area contributed by atoms with Crippen LogP contribution < -0.4 is 0 Å². The summed E-state index contributed by atoms with van der Waals surface area (Å²) in [6.07, 6.45) is 0.488. The van der Waals surface area contributed by atoms with E-state index in [1.54, 1.807) is 0 Å². The molecule has 2 rings (SSSR count). The third kappa shape index (κ3) is 2.82. The van der Waals surface area contributed by atoms with Gasteiger partial charge in [0.05, 0.1) is 12.8 Å². The molecule has 0 saturated heterocycles. The van der Waals surface area contributed by atoms with Gasteiger partial charge in [-0.1, -0.05) is 20.8 Å². The molecule has 0 heterocycles. The van der Waals surface area contributed by atoms with Crippen molar-refractivity contribution in [2.75, 3.05) is 0 Å². The van der Waals surface area contributed by atoms with Crippen molar-refractivity contribution in [1.29, 1.82) is 0 Å². The molecule has 7 heteroatoms. The van der Waals surface area contributed by atoms with Crippen molar-refractivity contribution >= 4 is 17.9 Å². The van der Waals surface area contributed by atoms with Crippen molar-refractivity contribution in [3.63, 3.8) is 0 Å². The van der Waals surface area contributed by atoms with E-state index < -0.39 is 36.4 Å². The number of esters is 1. The molecule has 4 atom stereocenters. The second-order valence-electron chi connectivity index (χ2n) is 7.67. The van der Waals surface area contributed by atoms with Crippen LogP contribution in [0.15, 0.2) is 0 Å². The summed E-state index contributed by atoms with van der Waals surface area (Å²) in [6.45, 7) is 6.37. The molecule has 2 aliphatic carbocycles. The molecule has 130 valence electrons. The number of aliphatic carboxylic acids is 2. The summed E-state index contributed by atoms with van der Waals surface area (Å²) >= 11 is 0. The standard InChI is InChI=1S/C16H24O7/c1-14(2)9-4-5-15(14,3)10(6-9)23-12(19)8-16(22,13(20)21)7-11(17)18/h9-10,22H,4-8H2,1-3H3,(H,17,18)(H,20,21)/t9-,10+,15-,16?/m1/s1. The lowest BCUT2D eigenvalue weighted by Crippen LogP contribution is -2.45. The average Bonchev–Trinajstić information content (AvgIpc) is 2.70. The molecule has 0 radical (unpaired) electrons. The zero-order chi connectivity index (χ0) is 17.6. The molecule has 2 fully saturated rings. The lowest BCUT2D eigenvalue weighted by atomic mass is 9.70. The number of ether oxygens (including phenoxy) is 1. The maximum atomic E-state index is 12.1. The first kappa shape index (κ1) is 17.7. The fourth-order valence-electron chi connectivity index (χ4n) is 4.21. The summed E-state index contributed by atoms with van der Waals surface area (Å²) in [6, 6.07) is 0. The van der Waals surface area contributed by atoms with Gasteiger partial charge in [-0.2, -0.15) is 0 Å². The van der Waals surface area contributed by atoms with Gasteiger partial charge in [-0.05, 0) is 30.6 Å². The summed E-state index contributed by atoms with van der Waals surface area (Å²) in [5.41, 5.74) is -2.79. The van der Waals surface area contributed by atoms with Gasteiger partial charge in [0, 0.05) is 5.41 Å². The minimum absolute atomic E-state index is 0.0299. The van der Waals surface area contributed by atoms with Crippen LogP contribution in [0.5, 0.6) is 0 Å². The van der Waals surface area contributed by atoms with Gasteiger partial charge in [0.15, 0.2) is 5.60 Å². The molecule has 23 heavy (non-hydrogen) atoms. The van der Waals surface area contributed by atoms with Gasteiger partial charge in [0.25, 0.3) is 0 Å². The summed E-state index contributed by atoms with van der Waals surface area (Å²) < 4.78 is 5.46. The zero-order valence-electron chi connectivity index (χ0n) is 13.7. The van der Waals surface area contributed by atoms with E-state index in [2.05, 4.69) is 20.8 Å². The molecule has 0 aromatic carbocycles. The fourth-order valence-corrected chi connectivity index (χ4v) is 4.21. The summed E-state index contributed by atoms with van der Waals surface area (Å²) in [7, 11) is 0. The minimum atomic E-state index is -2.64. The van der Waals surface area contributed by atoms with E-state index in [0.29, 0.717) is 5.92 Å². The van der Waals surface area contributed by atoms with Crippen molar-refractivity contribution in [2.24, 2.45) is 16.7 Å². The lowest BCUT2D eigenvalue weighted by Gasteiger charge is -2.38. The van der Waals surface area contributed by atoms with Gasteiger partial charge in [-0.25, -0.2) is 4.79 Å². The first-order valence-electron chi connectivity index (χ1n) is 7.79. The third-order valence-corrected chi connectivity index (χ3v) is 6.27. The Kier molecular flexibility index (Phi) is 4.22. The van der Waals surface area contributed by atoms with Crippen LogP contribution in [-0.2, 0) is 19.1 Å². The number of hydrogen-bond acceptors (Lipinski definition) is 5. The Morgan fingerprint density at radius 2 is 1.78 bits per heavy atom. The molecule has 0 spiro atoms. The molecule has 2 saturated carbocycles. The van der Waals surface area contributed by atoms with Gasteiger partial charge in [0.1, 0.15) is 6.10 Å². The molecule has 2 aliphatic rings. The van der Waals surface area contributed by atoms with E-state index >= 15 is 0 Å². The SMILES string of the molecule is CC1(C)[C@@H]2CC[C@]1(C)[C@@H](OC(=O)CC(O)(CC(=O)O)C(=O)O)C2. The smallest absolute Gasteiger partial charge is 0.336 e. The number of carboxylic acids is 2. The number of carbonyl (C=O) groups is 3. The second kappa shape index (κ2) is 5.47. The van der Waals surface area contributed by atoms with Gasteiger partial charge in [0.2, 0.25) is 0 Å². The molecule has 3 N–H and O–H groups in total. The number of hydrogen-bond donors (Lipinski definition) is 3. The van der Waals surface area contributed by atoms with E-state index in [-0.39, 0.29) is 16.9 Å². The highest BCUT2D eigenvalue weighted by Crippen LogP contribution is 2.66. The number of fused-ring (bicyclic) bond motifs is 2. The number of rotatable bonds is 6. The van der Waals surface area contributed by atoms with Crippen molar-refractivity contribution in [1.82, 2.24) is 0 Å². The third-order valence-electron chi connectivity index (χ3n) is 6.27. The highest BCUT2D eigenvalue weighted by molar-refractivity contribution is 5.88. The van der Waals surface area contributed by atoms with Crippen LogP contribution in [0, 0.1) is 16.7 Å². The number of aliphatic hydroxyl groups is 1. The van der Waals surface area contributed by atoms with Crippen LogP contribution in [0.4, 0.5) is 0 Å². The predicted octanol–water partition coefficient (Wildman–Crippen LogP) is 1.42. The van der Waals surface area contributed by atoms with Crippen molar-refractivity contribution in [3.8, 4) is 0 Å². The largest absolute Gasteiger partial charge is 0.481 e. The summed E-state index contributed by atoms with van der Waals surface area (Å²) in [5.74, 6) is -3.65. The normalized spacial score (nSPS) is 33.9. The topological polar surface area (TPSA) is 121 Å². The molecular formula is C16H24O7. The van der Waals surface area contributed by atoms with Crippen LogP contribution in [0.25, 0.3) is 0 Å². The Morgan fingerprint density at radius 1 is 1.17 bits per heavy atom. The van der Waals surface area contributed by atoms with Crippen LogP contribution in [-0.4, -0.2) is 44.9 Å². The van der Waals surface area contributed by atoms with Gasteiger partial charge in [-0.15, -0.1) is 0 Å². The maximum Gasteiger partial charge on any atom is 0.336 e. The average molecular weight is 328 g/mol. The molecular weight excluding hydrogens is 304 g/mol. The molecule has 0 aromatic heterocycles. The molecule has 1 unspecified atom stereocenters. The van der Waals surface area contributed by atoms with Crippen LogP contribution in [0.2, 0.25) is 0 Å². The summed E-state index contributed by atoms with van der Waals surface area (Å²) in [4.78, 5) is 33.9. The highest BCUT2D eigenvalue weighted by atomic mass is 16.5. The van der Waals surface area contributed by atoms with E-state index in [4.69, 9.17) is 14.9 Å². The zero-order valence-corrected chi connectivity index (χ0v) is 13.7. The molecule has 0 aromatic rings. The van der Waals surface area contributed by atoms with Crippen molar-refractivity contribution in [3.05, 3.63) is 0 Å². The molecule has 2 bridgehead atoms. The number of carboxylic acid groups (broad SMARTS) is 2. The summed E-state index contributed by atoms with van der Waals surface area (Å²) in [5, 5.41) is 27.6. The van der Waals surface area contributed by atoms with E-state index in [1.807, 2.05) is 0 Å². The van der Waals surface area contributed by atoms with Gasteiger partial charge >= 0.3 is 17.9 Å². The minimum Gasteiger partial charge on any atom is -0.481 e. The first-order chi connectivity index (χ1) is 10.4. The Labute approximate surface area is 134 Å². The lowest BCUT2D eigenvalue weighted by molar-refractivity contribution is -0.176. The Hall–Kier alpha value is -1.63. The van der Waals surface area contributed by atoms with Crippen molar-refractivity contribution in [2.45, 2.75) is 64.6 Å². The van der Waals surface area contributed by atoms with Crippen molar-refractivity contribution < 1.29 is 34.4 Å². The molecule has 0 amide bonds. The Bertz CT molecular complexity index is 541. The maximum absolute atomic E-state index is 12.1. The van der Waals surface area contributed by atoms with Gasteiger partial charge in [-0.3, -0.25) is 9.59 Å². The number of carbonyl (C=O) groups excluding carboxylic acids is 1. The van der Waals surface area contributed by atoms with Crippen LogP contribution >= 0.6 is 0 Å². The monoisotopic (exact) mass is 328 g/mol. The highest BCUT2D eigenvalue weighted by Gasteiger charge is 2.63. The van der Waals surface area contributed by atoms with Crippen LogP contribution in [0.1, 0.15) is 52.9 Å². The van der Waals surface area contributed by atoms with E-state index in [9.17, 15) is 19.5 Å².